The van der Waals surface area contributed by atoms with Crippen molar-refractivity contribution >= 4 is 11.5 Å². The molecule has 0 atom stereocenters. The number of carbonyl (C=O) groups is 1. The van der Waals surface area contributed by atoms with Crippen molar-refractivity contribution in [1.29, 1.82) is 0 Å². The lowest BCUT2D eigenvalue weighted by Gasteiger charge is -2.29. The Labute approximate surface area is 84.5 Å². The van der Waals surface area contributed by atoms with Gasteiger partial charge in [0, 0.05) is 38.3 Å². The zero-order valence-electron chi connectivity index (χ0n) is 8.62. The Hall–Kier alpha value is -1.12. The van der Waals surface area contributed by atoms with E-state index in [9.17, 15) is 4.79 Å². The predicted octanol–water partition coefficient (Wildman–Crippen LogP) is 1.75. The van der Waals surface area contributed by atoms with Gasteiger partial charge in [-0.05, 0) is 19.3 Å². The molecule has 2 aliphatic rings. The molecule has 14 heavy (non-hydrogen) atoms. The number of hydrogen-bond acceptors (Lipinski definition) is 3. The van der Waals surface area contributed by atoms with Gasteiger partial charge in [0.1, 0.15) is 0 Å². The van der Waals surface area contributed by atoms with Gasteiger partial charge in [-0.3, -0.25) is 9.79 Å². The van der Waals surface area contributed by atoms with Crippen molar-refractivity contribution in [3.63, 3.8) is 0 Å². The van der Waals surface area contributed by atoms with Crippen molar-refractivity contribution in [1.82, 2.24) is 4.90 Å². The lowest BCUT2D eigenvalue weighted by Crippen LogP contribution is -2.29. The van der Waals surface area contributed by atoms with E-state index in [1.807, 2.05) is 6.20 Å². The second-order valence-electron chi connectivity index (χ2n) is 3.98. The molecule has 2 heterocycles. The molecule has 3 nitrogen and oxygen atoms in total. The van der Waals surface area contributed by atoms with Crippen molar-refractivity contribution < 1.29 is 4.79 Å². The standard InChI is InChI=1S/C11H16N2O/c1-9(14)11-7-10(8-12-11)13-5-3-2-4-6-13/h8H,2-7H2,1H3. The van der Waals surface area contributed by atoms with Gasteiger partial charge in [0.15, 0.2) is 5.78 Å². The number of allylic oxidation sites excluding steroid dienone is 1. The number of ketones is 1. The molecule has 1 fully saturated rings. The molecule has 0 aromatic heterocycles. The van der Waals surface area contributed by atoms with Crippen LogP contribution in [-0.2, 0) is 4.79 Å². The third-order valence-electron chi connectivity index (χ3n) is 2.89. The minimum Gasteiger partial charge on any atom is -0.373 e. The van der Waals surface area contributed by atoms with E-state index in [2.05, 4.69) is 9.89 Å². The van der Waals surface area contributed by atoms with E-state index < -0.39 is 0 Å². The first-order chi connectivity index (χ1) is 6.77. The molecule has 0 aromatic carbocycles. The molecule has 0 N–H and O–H groups in total. The first-order valence-electron chi connectivity index (χ1n) is 5.29. The molecular weight excluding hydrogens is 176 g/mol. The van der Waals surface area contributed by atoms with Crippen LogP contribution in [0.5, 0.6) is 0 Å². The fourth-order valence-corrected chi connectivity index (χ4v) is 2.01. The number of piperidine rings is 1. The van der Waals surface area contributed by atoms with E-state index >= 15 is 0 Å². The lowest BCUT2D eigenvalue weighted by atomic mass is 10.1. The van der Waals surface area contributed by atoms with E-state index in [-0.39, 0.29) is 5.78 Å². The van der Waals surface area contributed by atoms with Crippen LogP contribution in [-0.4, -0.2) is 29.5 Å². The highest BCUT2D eigenvalue weighted by Gasteiger charge is 2.20. The monoisotopic (exact) mass is 192 g/mol. The van der Waals surface area contributed by atoms with Crippen LogP contribution in [0, 0.1) is 0 Å². The molecule has 0 amide bonds. The molecule has 2 aliphatic heterocycles. The van der Waals surface area contributed by atoms with Crippen molar-refractivity contribution in [2.24, 2.45) is 4.99 Å². The van der Waals surface area contributed by atoms with Gasteiger partial charge in [0.2, 0.25) is 0 Å². The fourth-order valence-electron chi connectivity index (χ4n) is 2.01. The topological polar surface area (TPSA) is 32.7 Å². The second kappa shape index (κ2) is 3.95. The molecule has 2 rings (SSSR count). The Bertz CT molecular complexity index is 298. The van der Waals surface area contributed by atoms with Gasteiger partial charge in [0.25, 0.3) is 0 Å². The number of hydrogen-bond donors (Lipinski definition) is 0. The number of aliphatic imine (C=N–C) groups is 1. The summed E-state index contributed by atoms with van der Waals surface area (Å²) in [5.41, 5.74) is 1.94. The fraction of sp³-hybridized carbons (Fsp3) is 0.636. The number of carbonyl (C=O) groups excluding carboxylic acids is 1. The third-order valence-corrected chi connectivity index (χ3v) is 2.89. The summed E-state index contributed by atoms with van der Waals surface area (Å²) < 4.78 is 0. The zero-order valence-corrected chi connectivity index (χ0v) is 8.62. The van der Waals surface area contributed by atoms with Crippen LogP contribution in [0.15, 0.2) is 16.9 Å². The maximum atomic E-state index is 11.1. The maximum Gasteiger partial charge on any atom is 0.174 e. The van der Waals surface area contributed by atoms with Gasteiger partial charge in [0.05, 0.1) is 5.71 Å². The molecule has 0 bridgehead atoms. The number of rotatable bonds is 2. The van der Waals surface area contributed by atoms with Gasteiger partial charge in [-0.25, -0.2) is 0 Å². The Morgan fingerprint density at radius 3 is 2.64 bits per heavy atom. The highest BCUT2D eigenvalue weighted by Crippen LogP contribution is 2.21. The SMILES string of the molecule is CC(=O)C1=NC=C(N2CCCCC2)C1. The maximum absolute atomic E-state index is 11.1. The average molecular weight is 192 g/mol. The summed E-state index contributed by atoms with van der Waals surface area (Å²) in [5.74, 6) is 0.105. The van der Waals surface area contributed by atoms with Crippen molar-refractivity contribution in [2.75, 3.05) is 13.1 Å². The Morgan fingerprint density at radius 1 is 1.36 bits per heavy atom. The normalized spacial score (nSPS) is 21.9. The van der Waals surface area contributed by atoms with Gasteiger partial charge < -0.3 is 4.90 Å². The van der Waals surface area contributed by atoms with Crippen molar-refractivity contribution in [3.8, 4) is 0 Å². The molecule has 0 aromatic rings. The largest absolute Gasteiger partial charge is 0.373 e. The number of Topliss-reactive ketones (excluding diaryl/α,β-unsaturated/α-hetero) is 1. The summed E-state index contributed by atoms with van der Waals surface area (Å²) in [6, 6.07) is 0. The quantitative estimate of drug-likeness (QED) is 0.667. The van der Waals surface area contributed by atoms with Gasteiger partial charge in [-0.2, -0.15) is 0 Å². The summed E-state index contributed by atoms with van der Waals surface area (Å²) in [6.45, 7) is 3.85. The van der Waals surface area contributed by atoms with Crippen LogP contribution >= 0.6 is 0 Å². The first kappa shape index (κ1) is 9.44. The summed E-state index contributed by atoms with van der Waals surface area (Å²) >= 11 is 0. The van der Waals surface area contributed by atoms with Crippen LogP contribution < -0.4 is 0 Å². The summed E-state index contributed by atoms with van der Waals surface area (Å²) in [4.78, 5) is 17.6. The Morgan fingerprint density at radius 2 is 2.07 bits per heavy atom. The zero-order chi connectivity index (χ0) is 9.97. The van der Waals surface area contributed by atoms with Gasteiger partial charge in [-0.15, -0.1) is 0 Å². The van der Waals surface area contributed by atoms with Gasteiger partial charge in [-0.1, -0.05) is 0 Å². The molecule has 0 aliphatic carbocycles. The molecule has 76 valence electrons. The smallest absolute Gasteiger partial charge is 0.174 e. The predicted molar refractivity (Wildman–Crippen MR) is 56.2 cm³/mol. The second-order valence-corrected chi connectivity index (χ2v) is 3.98. The highest BCUT2D eigenvalue weighted by molar-refractivity contribution is 6.40. The van der Waals surface area contributed by atoms with Crippen LogP contribution in [0.2, 0.25) is 0 Å². The molecule has 0 spiro atoms. The lowest BCUT2D eigenvalue weighted by molar-refractivity contribution is -0.111. The average Bonchev–Trinajstić information content (AvgIpc) is 2.68. The van der Waals surface area contributed by atoms with Crippen LogP contribution in [0.3, 0.4) is 0 Å². The molecule has 0 radical (unpaired) electrons. The first-order valence-corrected chi connectivity index (χ1v) is 5.29. The Balaban J connectivity index is 1.93. The highest BCUT2D eigenvalue weighted by atomic mass is 16.1. The van der Waals surface area contributed by atoms with Crippen molar-refractivity contribution in [3.05, 3.63) is 11.9 Å². The van der Waals surface area contributed by atoms with E-state index in [0.29, 0.717) is 5.71 Å². The van der Waals surface area contributed by atoms with Crippen molar-refractivity contribution in [2.45, 2.75) is 32.6 Å². The van der Waals surface area contributed by atoms with E-state index in [1.54, 1.807) is 6.92 Å². The molecule has 1 saturated heterocycles. The van der Waals surface area contributed by atoms with Crippen LogP contribution in [0.4, 0.5) is 0 Å². The van der Waals surface area contributed by atoms with Crippen LogP contribution in [0.1, 0.15) is 32.6 Å². The molecule has 0 saturated carbocycles. The number of likely N-dealkylation sites (tertiary alicyclic amines) is 1. The molecular formula is C11H16N2O. The van der Waals surface area contributed by atoms with E-state index in [0.717, 1.165) is 19.5 Å². The third kappa shape index (κ3) is 1.86. The molecule has 0 unspecified atom stereocenters. The number of nitrogens with zero attached hydrogens (tertiary/aromatic N) is 2. The molecule has 3 heteroatoms. The Kier molecular flexibility index (Phi) is 2.66. The summed E-state index contributed by atoms with van der Waals surface area (Å²) in [5, 5.41) is 0. The minimum absolute atomic E-state index is 0.105. The van der Waals surface area contributed by atoms with E-state index in [4.69, 9.17) is 0 Å². The van der Waals surface area contributed by atoms with Gasteiger partial charge >= 0.3 is 0 Å². The summed E-state index contributed by atoms with van der Waals surface area (Å²) in [7, 11) is 0. The van der Waals surface area contributed by atoms with Crippen LogP contribution in [0.25, 0.3) is 0 Å². The van der Waals surface area contributed by atoms with E-state index in [1.165, 1.54) is 25.0 Å². The minimum atomic E-state index is 0.105. The summed E-state index contributed by atoms with van der Waals surface area (Å²) in [6.07, 6.45) is 6.49.